The summed E-state index contributed by atoms with van der Waals surface area (Å²) >= 11 is 0. The molecule has 0 bridgehead atoms. The first-order chi connectivity index (χ1) is 12.6. The molecular formula is C19H26N4O3. The molecule has 0 fully saturated rings. The fourth-order valence-electron chi connectivity index (χ4n) is 3.48. The van der Waals surface area contributed by atoms with Gasteiger partial charge in [0.2, 0.25) is 5.91 Å². The van der Waals surface area contributed by atoms with Crippen LogP contribution < -0.4 is 10.1 Å². The highest BCUT2D eigenvalue weighted by Crippen LogP contribution is 2.30. The van der Waals surface area contributed by atoms with Crippen LogP contribution in [-0.2, 0) is 29.7 Å². The molecule has 1 N–H and O–H groups in total. The summed E-state index contributed by atoms with van der Waals surface area (Å²) in [5.74, 6) is 0.620. The smallest absolute Gasteiger partial charge is 0.230 e. The Bertz CT molecular complexity index is 759. The van der Waals surface area contributed by atoms with Crippen molar-refractivity contribution in [1.29, 1.82) is 0 Å². The molecule has 26 heavy (non-hydrogen) atoms. The van der Waals surface area contributed by atoms with Crippen molar-refractivity contribution in [2.24, 2.45) is 7.05 Å². The van der Waals surface area contributed by atoms with Gasteiger partial charge in [0.1, 0.15) is 5.75 Å². The molecule has 0 radical (unpaired) electrons. The van der Waals surface area contributed by atoms with Crippen LogP contribution in [-0.4, -0.2) is 54.3 Å². The Morgan fingerprint density at radius 3 is 2.92 bits per heavy atom. The number of carbonyl (C=O) groups excluding carboxylic acids is 1. The number of methoxy groups -OCH3 is 2. The van der Waals surface area contributed by atoms with Crippen molar-refractivity contribution < 1.29 is 14.3 Å². The minimum Gasteiger partial charge on any atom is -0.496 e. The third-order valence-electron chi connectivity index (χ3n) is 4.72. The van der Waals surface area contributed by atoms with Crippen LogP contribution in [0.15, 0.2) is 30.6 Å². The maximum Gasteiger partial charge on any atom is 0.230 e. The molecule has 1 aliphatic heterocycles. The third kappa shape index (κ3) is 3.89. The molecule has 0 spiro atoms. The van der Waals surface area contributed by atoms with Crippen LogP contribution in [0.4, 0.5) is 0 Å². The summed E-state index contributed by atoms with van der Waals surface area (Å²) in [6, 6.07) is 7.98. The molecule has 3 rings (SSSR count). The summed E-state index contributed by atoms with van der Waals surface area (Å²) in [6.07, 6.45) is 1.78. The molecule has 1 atom stereocenters. The van der Waals surface area contributed by atoms with Crippen molar-refractivity contribution in [1.82, 2.24) is 19.8 Å². The molecule has 1 aliphatic rings. The van der Waals surface area contributed by atoms with Crippen molar-refractivity contribution in [2.75, 3.05) is 33.9 Å². The van der Waals surface area contributed by atoms with Crippen molar-refractivity contribution in [3.63, 3.8) is 0 Å². The van der Waals surface area contributed by atoms with E-state index in [1.165, 1.54) is 0 Å². The zero-order chi connectivity index (χ0) is 18.5. The second-order valence-electron chi connectivity index (χ2n) is 6.51. The molecule has 7 heteroatoms. The first-order valence-corrected chi connectivity index (χ1v) is 8.75. The van der Waals surface area contributed by atoms with E-state index in [4.69, 9.17) is 9.47 Å². The molecule has 0 saturated heterocycles. The average Bonchev–Trinajstić information content (AvgIpc) is 3.02. The van der Waals surface area contributed by atoms with Gasteiger partial charge in [-0.1, -0.05) is 18.2 Å². The Labute approximate surface area is 153 Å². The maximum absolute atomic E-state index is 12.7. The molecule has 0 saturated carbocycles. The predicted octanol–water partition coefficient (Wildman–Crippen LogP) is 1.29. The minimum atomic E-state index is -0.252. The summed E-state index contributed by atoms with van der Waals surface area (Å²) in [4.78, 5) is 19.5. The van der Waals surface area contributed by atoms with Gasteiger partial charge in [-0.05, 0) is 6.07 Å². The normalized spacial score (nSPS) is 17.0. The summed E-state index contributed by atoms with van der Waals surface area (Å²) in [6.45, 7) is 3.08. The van der Waals surface area contributed by atoms with E-state index >= 15 is 0 Å². The van der Waals surface area contributed by atoms with Crippen LogP contribution in [0.5, 0.6) is 5.75 Å². The van der Waals surface area contributed by atoms with Gasteiger partial charge in [-0.25, -0.2) is 4.98 Å². The van der Waals surface area contributed by atoms with Gasteiger partial charge in [-0.3, -0.25) is 9.69 Å². The van der Waals surface area contributed by atoms with Crippen molar-refractivity contribution in [2.45, 2.75) is 19.0 Å². The fourth-order valence-corrected chi connectivity index (χ4v) is 3.48. The van der Waals surface area contributed by atoms with Gasteiger partial charge in [0.15, 0.2) is 0 Å². The monoisotopic (exact) mass is 358 g/mol. The number of benzene rings is 1. The molecule has 140 valence electrons. The summed E-state index contributed by atoms with van der Waals surface area (Å²) < 4.78 is 12.4. The molecule has 2 aromatic rings. The third-order valence-corrected chi connectivity index (χ3v) is 4.72. The van der Waals surface area contributed by atoms with E-state index in [1.807, 2.05) is 29.8 Å². The van der Waals surface area contributed by atoms with Crippen molar-refractivity contribution >= 4 is 5.91 Å². The fraction of sp³-hybridized carbons (Fsp3) is 0.474. The van der Waals surface area contributed by atoms with Crippen molar-refractivity contribution in [3.05, 3.63) is 47.5 Å². The van der Waals surface area contributed by atoms with Gasteiger partial charge in [-0.15, -0.1) is 0 Å². The SMILES string of the molecule is COCCNC(=O)[C@@H]1CN(Cc2ccccc2OC)Cc2ncn(C)c21. The number of rotatable bonds is 7. The number of aromatic nitrogens is 2. The predicted molar refractivity (Wildman–Crippen MR) is 97.9 cm³/mol. The number of amides is 1. The largest absolute Gasteiger partial charge is 0.496 e. The van der Waals surface area contributed by atoms with Gasteiger partial charge < -0.3 is 19.4 Å². The van der Waals surface area contributed by atoms with Crippen molar-refractivity contribution in [3.8, 4) is 5.75 Å². The second-order valence-corrected chi connectivity index (χ2v) is 6.51. The molecule has 1 aromatic heterocycles. The molecule has 7 nitrogen and oxygen atoms in total. The van der Waals surface area contributed by atoms with E-state index in [9.17, 15) is 4.79 Å². The van der Waals surface area contributed by atoms with Crippen LogP contribution in [0.2, 0.25) is 0 Å². The summed E-state index contributed by atoms with van der Waals surface area (Å²) in [5, 5.41) is 2.96. The zero-order valence-corrected chi connectivity index (χ0v) is 15.6. The molecule has 1 amide bonds. The number of ether oxygens (including phenoxy) is 2. The lowest BCUT2D eigenvalue weighted by Gasteiger charge is -2.32. The lowest BCUT2D eigenvalue weighted by Crippen LogP contribution is -2.42. The van der Waals surface area contributed by atoms with Crippen LogP contribution in [0.25, 0.3) is 0 Å². The first kappa shape index (κ1) is 18.4. The van der Waals surface area contributed by atoms with Gasteiger partial charge >= 0.3 is 0 Å². The summed E-state index contributed by atoms with van der Waals surface area (Å²) in [5.41, 5.74) is 3.06. The molecule has 1 aromatic carbocycles. The number of imidazole rings is 1. The minimum absolute atomic E-state index is 0.0108. The van der Waals surface area contributed by atoms with E-state index in [1.54, 1.807) is 20.5 Å². The average molecular weight is 358 g/mol. The highest BCUT2D eigenvalue weighted by Gasteiger charge is 2.33. The second kappa shape index (κ2) is 8.33. The highest BCUT2D eigenvalue weighted by molar-refractivity contribution is 5.84. The van der Waals surface area contributed by atoms with Gasteiger partial charge in [-0.2, -0.15) is 0 Å². The quantitative estimate of drug-likeness (QED) is 0.756. The number of carbonyl (C=O) groups is 1. The number of nitrogens with one attached hydrogen (secondary N) is 1. The lowest BCUT2D eigenvalue weighted by molar-refractivity contribution is -0.123. The van der Waals surface area contributed by atoms with Crippen LogP contribution in [0.1, 0.15) is 22.9 Å². The van der Waals surface area contributed by atoms with Crippen LogP contribution >= 0.6 is 0 Å². The Morgan fingerprint density at radius 2 is 2.15 bits per heavy atom. The number of nitrogens with zero attached hydrogens (tertiary/aromatic N) is 3. The van der Waals surface area contributed by atoms with E-state index in [0.29, 0.717) is 26.2 Å². The summed E-state index contributed by atoms with van der Waals surface area (Å²) in [7, 11) is 5.25. The first-order valence-electron chi connectivity index (χ1n) is 8.75. The lowest BCUT2D eigenvalue weighted by atomic mass is 9.96. The Hall–Kier alpha value is -2.38. The van der Waals surface area contributed by atoms with E-state index < -0.39 is 0 Å². The molecule has 2 heterocycles. The highest BCUT2D eigenvalue weighted by atomic mass is 16.5. The van der Waals surface area contributed by atoms with Crippen LogP contribution in [0, 0.1) is 0 Å². The number of para-hydroxylation sites is 1. The van der Waals surface area contributed by atoms with E-state index in [0.717, 1.165) is 29.2 Å². The Morgan fingerprint density at radius 1 is 1.35 bits per heavy atom. The number of hydrogen-bond acceptors (Lipinski definition) is 5. The van der Waals surface area contributed by atoms with E-state index in [-0.39, 0.29) is 11.8 Å². The van der Waals surface area contributed by atoms with Gasteiger partial charge in [0, 0.05) is 45.9 Å². The van der Waals surface area contributed by atoms with Gasteiger partial charge in [0.05, 0.1) is 37.3 Å². The molecule has 0 unspecified atom stereocenters. The Kier molecular flexibility index (Phi) is 5.90. The molecule has 0 aliphatic carbocycles. The van der Waals surface area contributed by atoms with E-state index in [2.05, 4.69) is 21.3 Å². The number of aryl methyl sites for hydroxylation is 1. The molecular weight excluding hydrogens is 332 g/mol. The maximum atomic E-state index is 12.7. The zero-order valence-electron chi connectivity index (χ0n) is 15.6. The Balaban J connectivity index is 1.79. The number of hydrogen-bond donors (Lipinski definition) is 1. The topological polar surface area (TPSA) is 68.6 Å². The number of fused-ring (bicyclic) bond motifs is 1. The van der Waals surface area contributed by atoms with Gasteiger partial charge in [0.25, 0.3) is 0 Å². The van der Waals surface area contributed by atoms with Crippen LogP contribution in [0.3, 0.4) is 0 Å². The standard InChI is InChI=1S/C19H26N4O3/c1-22-13-21-16-12-23(10-14-6-4-5-7-17(14)26-3)11-15(18(16)22)19(24)20-8-9-25-2/h4-7,13,15H,8-12H2,1-3H3,(H,20,24)/t15-/m1/s1.